The van der Waals surface area contributed by atoms with Crippen molar-refractivity contribution < 1.29 is 4.79 Å². The Morgan fingerprint density at radius 1 is 1.64 bits per heavy atom. The van der Waals surface area contributed by atoms with E-state index in [-0.39, 0.29) is 5.54 Å². The maximum atomic E-state index is 10.8. The molecule has 0 radical (unpaired) electrons. The van der Waals surface area contributed by atoms with E-state index in [9.17, 15) is 4.79 Å². The van der Waals surface area contributed by atoms with E-state index in [1.165, 1.54) is 6.42 Å². The van der Waals surface area contributed by atoms with Gasteiger partial charge in [-0.25, -0.2) is 0 Å². The van der Waals surface area contributed by atoms with Gasteiger partial charge in [0.15, 0.2) is 0 Å². The first-order valence-electron chi connectivity index (χ1n) is 4.27. The predicted molar refractivity (Wildman–Crippen MR) is 45.5 cm³/mol. The summed E-state index contributed by atoms with van der Waals surface area (Å²) in [6, 6.07) is 0.433. The zero-order chi connectivity index (χ0) is 8.48. The van der Waals surface area contributed by atoms with Crippen LogP contribution < -0.4 is 5.32 Å². The van der Waals surface area contributed by atoms with Crippen molar-refractivity contribution in [1.82, 2.24) is 5.32 Å². The first-order valence-corrected chi connectivity index (χ1v) is 4.27. The molecule has 1 saturated heterocycles. The molecule has 1 unspecified atom stereocenters. The summed E-state index contributed by atoms with van der Waals surface area (Å²) in [5.74, 6) is 0.292. The fraction of sp³-hybridized carbons (Fsp3) is 0.889. The Kier molecular flexibility index (Phi) is 2.33. The third-order valence-corrected chi connectivity index (χ3v) is 2.25. The molecule has 1 aliphatic rings. The Balaban J connectivity index is 2.36. The molecule has 1 rings (SSSR count). The van der Waals surface area contributed by atoms with Gasteiger partial charge in [-0.3, -0.25) is 4.79 Å². The van der Waals surface area contributed by atoms with E-state index in [4.69, 9.17) is 0 Å². The highest BCUT2D eigenvalue weighted by atomic mass is 16.1. The van der Waals surface area contributed by atoms with E-state index in [1.807, 2.05) is 0 Å². The quantitative estimate of drug-likeness (QED) is 0.654. The van der Waals surface area contributed by atoms with Gasteiger partial charge in [0.2, 0.25) is 0 Å². The fourth-order valence-electron chi connectivity index (χ4n) is 1.73. The molecule has 0 saturated carbocycles. The van der Waals surface area contributed by atoms with Crippen molar-refractivity contribution in [3.63, 3.8) is 0 Å². The molecular formula is C9H17NO. The molecule has 1 fully saturated rings. The van der Waals surface area contributed by atoms with Crippen molar-refractivity contribution in [1.29, 1.82) is 0 Å². The van der Waals surface area contributed by atoms with Crippen LogP contribution in [0.5, 0.6) is 0 Å². The monoisotopic (exact) mass is 155 g/mol. The molecule has 1 aliphatic heterocycles. The summed E-state index contributed by atoms with van der Waals surface area (Å²) < 4.78 is 0. The Hall–Kier alpha value is -0.370. The second-order valence-corrected chi connectivity index (χ2v) is 4.17. The minimum absolute atomic E-state index is 0.250. The molecule has 0 aromatic rings. The third kappa shape index (κ3) is 2.62. The first kappa shape index (κ1) is 8.72. The summed E-state index contributed by atoms with van der Waals surface area (Å²) in [6.07, 6.45) is 3.03. The van der Waals surface area contributed by atoms with E-state index >= 15 is 0 Å². The molecule has 0 spiro atoms. The predicted octanol–water partition coefficient (Wildman–Crippen LogP) is 1.50. The fourth-order valence-corrected chi connectivity index (χ4v) is 1.73. The highest BCUT2D eigenvalue weighted by Crippen LogP contribution is 2.23. The average Bonchev–Trinajstić information content (AvgIpc) is 2.08. The Morgan fingerprint density at radius 2 is 2.27 bits per heavy atom. The number of ketones is 1. The zero-order valence-corrected chi connectivity index (χ0v) is 7.61. The van der Waals surface area contributed by atoms with Crippen LogP contribution in [0.2, 0.25) is 0 Å². The van der Waals surface area contributed by atoms with Gasteiger partial charge in [-0.2, -0.15) is 0 Å². The van der Waals surface area contributed by atoms with Crippen LogP contribution >= 0.6 is 0 Å². The minimum Gasteiger partial charge on any atom is -0.309 e. The number of rotatable bonds is 2. The first-order chi connectivity index (χ1) is 4.99. The zero-order valence-electron chi connectivity index (χ0n) is 7.61. The molecule has 2 nitrogen and oxygen atoms in total. The maximum absolute atomic E-state index is 10.8. The number of nitrogens with one attached hydrogen (secondary N) is 1. The second-order valence-electron chi connectivity index (χ2n) is 4.17. The van der Waals surface area contributed by atoms with E-state index in [0.29, 0.717) is 18.2 Å². The number of carbonyl (C=O) groups is 1. The van der Waals surface area contributed by atoms with Gasteiger partial charge in [-0.1, -0.05) is 0 Å². The van der Waals surface area contributed by atoms with Gasteiger partial charge in [0.1, 0.15) is 5.78 Å². The van der Waals surface area contributed by atoms with Gasteiger partial charge < -0.3 is 5.32 Å². The smallest absolute Gasteiger partial charge is 0.131 e. The van der Waals surface area contributed by atoms with E-state index in [2.05, 4.69) is 19.2 Å². The maximum Gasteiger partial charge on any atom is 0.131 e. The lowest BCUT2D eigenvalue weighted by Gasteiger charge is -2.19. The van der Waals surface area contributed by atoms with Gasteiger partial charge in [0.05, 0.1) is 0 Å². The standard InChI is InChI=1S/C9H17NO/c1-7(11)6-8-4-5-9(2,3)10-8/h8,10H,4-6H2,1-3H3. The normalized spacial score (nSPS) is 28.8. The number of hydrogen-bond acceptors (Lipinski definition) is 2. The molecule has 1 atom stereocenters. The van der Waals surface area contributed by atoms with Crippen LogP contribution in [0.3, 0.4) is 0 Å². The highest BCUT2D eigenvalue weighted by molar-refractivity contribution is 5.76. The summed E-state index contributed by atoms with van der Waals surface area (Å²) in [5.41, 5.74) is 0.250. The largest absolute Gasteiger partial charge is 0.309 e. The van der Waals surface area contributed by atoms with Crippen LogP contribution in [-0.2, 0) is 4.79 Å². The summed E-state index contributed by atoms with van der Waals surface area (Å²) in [4.78, 5) is 10.8. The molecule has 1 N–H and O–H groups in total. The summed E-state index contributed by atoms with van der Waals surface area (Å²) in [6.45, 7) is 6.03. The molecule has 0 amide bonds. The van der Waals surface area contributed by atoms with E-state index < -0.39 is 0 Å². The van der Waals surface area contributed by atoms with Crippen LogP contribution in [0, 0.1) is 0 Å². The van der Waals surface area contributed by atoms with Crippen molar-refractivity contribution in [3.8, 4) is 0 Å². The summed E-state index contributed by atoms with van der Waals surface area (Å²) in [7, 11) is 0. The van der Waals surface area contributed by atoms with Crippen LogP contribution in [0.25, 0.3) is 0 Å². The van der Waals surface area contributed by atoms with Gasteiger partial charge in [0, 0.05) is 18.0 Å². The van der Waals surface area contributed by atoms with E-state index in [0.717, 1.165) is 6.42 Å². The number of Topliss-reactive ketones (excluding diaryl/α,β-unsaturated/α-hetero) is 1. The van der Waals surface area contributed by atoms with Crippen molar-refractivity contribution in [2.24, 2.45) is 0 Å². The molecule has 0 aromatic carbocycles. The lowest BCUT2D eigenvalue weighted by Crippen LogP contribution is -2.37. The lowest BCUT2D eigenvalue weighted by atomic mass is 10.0. The summed E-state index contributed by atoms with van der Waals surface area (Å²) >= 11 is 0. The third-order valence-electron chi connectivity index (χ3n) is 2.25. The lowest BCUT2D eigenvalue weighted by molar-refractivity contribution is -0.117. The molecular weight excluding hydrogens is 138 g/mol. The van der Waals surface area contributed by atoms with Crippen molar-refractivity contribution in [2.45, 2.75) is 51.6 Å². The molecule has 64 valence electrons. The molecule has 0 aromatic heterocycles. The SMILES string of the molecule is CC(=O)CC1CCC(C)(C)N1. The van der Waals surface area contributed by atoms with Gasteiger partial charge in [0.25, 0.3) is 0 Å². The van der Waals surface area contributed by atoms with Crippen LogP contribution in [-0.4, -0.2) is 17.4 Å². The molecule has 0 bridgehead atoms. The molecule has 0 aliphatic carbocycles. The van der Waals surface area contributed by atoms with Crippen molar-refractivity contribution in [2.75, 3.05) is 0 Å². The van der Waals surface area contributed by atoms with Crippen LogP contribution in [0.1, 0.15) is 40.0 Å². The number of carbonyl (C=O) groups excluding carboxylic acids is 1. The van der Waals surface area contributed by atoms with Gasteiger partial charge in [-0.15, -0.1) is 0 Å². The Labute approximate surface area is 68.4 Å². The van der Waals surface area contributed by atoms with Crippen molar-refractivity contribution in [3.05, 3.63) is 0 Å². The summed E-state index contributed by atoms with van der Waals surface area (Å²) in [5, 5.41) is 3.44. The Bertz CT molecular complexity index is 163. The van der Waals surface area contributed by atoms with Crippen molar-refractivity contribution >= 4 is 5.78 Å². The molecule has 11 heavy (non-hydrogen) atoms. The minimum atomic E-state index is 0.250. The second kappa shape index (κ2) is 2.94. The Morgan fingerprint density at radius 3 is 2.64 bits per heavy atom. The number of hydrogen-bond donors (Lipinski definition) is 1. The van der Waals surface area contributed by atoms with Gasteiger partial charge in [-0.05, 0) is 33.6 Å². The van der Waals surface area contributed by atoms with Crippen LogP contribution in [0.15, 0.2) is 0 Å². The average molecular weight is 155 g/mol. The van der Waals surface area contributed by atoms with E-state index in [1.54, 1.807) is 6.92 Å². The highest BCUT2D eigenvalue weighted by Gasteiger charge is 2.29. The molecule has 1 heterocycles. The van der Waals surface area contributed by atoms with Crippen LogP contribution in [0.4, 0.5) is 0 Å². The topological polar surface area (TPSA) is 29.1 Å². The molecule has 2 heteroatoms. The van der Waals surface area contributed by atoms with Gasteiger partial charge >= 0.3 is 0 Å².